The fourth-order valence-corrected chi connectivity index (χ4v) is 4.43. The first-order chi connectivity index (χ1) is 16.1. The standard InChI is InChI=1S/C24H33N5O5/c1-5-14-11-25-20-18(17(13-29(20)23(32)33)27-21(30)15-8-9-15)19(14)28-10-6-7-16(12-28)26-22(31)34-24(2,3)4/h11,13,15-16H,5-10,12H2,1-4H3,(H,26,31)(H,27,30)(H,32,33). The van der Waals surface area contributed by atoms with E-state index < -0.39 is 17.8 Å². The third-order valence-corrected chi connectivity index (χ3v) is 6.11. The summed E-state index contributed by atoms with van der Waals surface area (Å²) in [5, 5.41) is 16.3. The predicted molar refractivity (Wildman–Crippen MR) is 128 cm³/mol. The largest absolute Gasteiger partial charge is 0.464 e. The number of carbonyl (C=O) groups excluding carboxylic acids is 2. The van der Waals surface area contributed by atoms with Crippen LogP contribution in [0.15, 0.2) is 12.4 Å². The summed E-state index contributed by atoms with van der Waals surface area (Å²) in [6.45, 7) is 8.78. The third kappa shape index (κ3) is 5.10. The Morgan fingerprint density at radius 1 is 1.24 bits per heavy atom. The maximum Gasteiger partial charge on any atom is 0.417 e. The number of aromatic nitrogens is 2. The van der Waals surface area contributed by atoms with Gasteiger partial charge in [0.2, 0.25) is 5.91 Å². The first-order valence-corrected chi connectivity index (χ1v) is 11.9. The molecule has 10 nitrogen and oxygen atoms in total. The van der Waals surface area contributed by atoms with Crippen LogP contribution in [0.4, 0.5) is 21.0 Å². The SMILES string of the molecule is CCc1cnc2c(c(NC(=O)C3CC3)cn2C(=O)O)c1N1CCCC(NC(=O)OC(C)(C)C)C1. The summed E-state index contributed by atoms with van der Waals surface area (Å²) in [6.07, 6.45) is 5.55. The lowest BCUT2D eigenvalue weighted by molar-refractivity contribution is -0.117. The minimum absolute atomic E-state index is 0.0219. The molecule has 2 aromatic rings. The number of hydrogen-bond donors (Lipinski definition) is 3. The molecule has 10 heteroatoms. The van der Waals surface area contributed by atoms with Gasteiger partial charge in [0.1, 0.15) is 5.60 Å². The van der Waals surface area contributed by atoms with Crippen LogP contribution in [0, 0.1) is 5.92 Å². The zero-order valence-corrected chi connectivity index (χ0v) is 20.2. The topological polar surface area (TPSA) is 126 Å². The van der Waals surface area contributed by atoms with Gasteiger partial charge in [0.15, 0.2) is 5.65 Å². The molecule has 2 aliphatic rings. The monoisotopic (exact) mass is 471 g/mol. The van der Waals surface area contributed by atoms with Crippen LogP contribution >= 0.6 is 0 Å². The molecular weight excluding hydrogens is 438 g/mol. The smallest absolute Gasteiger partial charge is 0.417 e. The second-order valence-corrected chi connectivity index (χ2v) is 10.1. The Kier molecular flexibility index (Phi) is 6.42. The van der Waals surface area contributed by atoms with Gasteiger partial charge >= 0.3 is 12.2 Å². The highest BCUT2D eigenvalue weighted by Crippen LogP contribution is 2.39. The van der Waals surface area contributed by atoms with Crippen molar-refractivity contribution in [2.75, 3.05) is 23.3 Å². The van der Waals surface area contributed by atoms with Gasteiger partial charge in [-0.1, -0.05) is 6.92 Å². The number of rotatable bonds is 5. The number of ether oxygens (including phenoxy) is 1. The van der Waals surface area contributed by atoms with Crippen molar-refractivity contribution in [1.29, 1.82) is 0 Å². The highest BCUT2D eigenvalue weighted by molar-refractivity contribution is 6.10. The fraction of sp³-hybridized carbons (Fsp3) is 0.583. The number of fused-ring (bicyclic) bond motifs is 1. The molecular formula is C24H33N5O5. The summed E-state index contributed by atoms with van der Waals surface area (Å²) in [5.74, 6) is -0.119. The lowest BCUT2D eigenvalue weighted by Crippen LogP contribution is -2.49. The average Bonchev–Trinajstić information content (AvgIpc) is 3.54. The maximum atomic E-state index is 12.6. The van der Waals surface area contributed by atoms with Crippen molar-refractivity contribution >= 4 is 40.5 Å². The van der Waals surface area contributed by atoms with Crippen LogP contribution in [0.1, 0.15) is 58.9 Å². The molecule has 3 heterocycles. The van der Waals surface area contributed by atoms with Crippen molar-refractivity contribution in [2.24, 2.45) is 5.92 Å². The zero-order valence-electron chi connectivity index (χ0n) is 20.2. The minimum Gasteiger partial charge on any atom is -0.464 e. The van der Waals surface area contributed by atoms with E-state index in [0.717, 1.165) is 48.0 Å². The first-order valence-electron chi connectivity index (χ1n) is 11.9. The van der Waals surface area contributed by atoms with Gasteiger partial charge in [0.05, 0.1) is 16.8 Å². The molecule has 0 aromatic carbocycles. The Balaban J connectivity index is 1.70. The molecule has 3 N–H and O–H groups in total. The molecule has 0 spiro atoms. The Bertz CT molecular complexity index is 1120. The maximum absolute atomic E-state index is 12.6. The number of carbonyl (C=O) groups is 3. The lowest BCUT2D eigenvalue weighted by Gasteiger charge is -2.36. The summed E-state index contributed by atoms with van der Waals surface area (Å²) in [4.78, 5) is 43.4. The molecule has 0 radical (unpaired) electrons. The van der Waals surface area contributed by atoms with Gasteiger partial charge in [-0.3, -0.25) is 4.79 Å². The highest BCUT2D eigenvalue weighted by Gasteiger charge is 2.32. The van der Waals surface area contributed by atoms with E-state index in [9.17, 15) is 19.5 Å². The summed E-state index contributed by atoms with van der Waals surface area (Å²) in [5.41, 5.74) is 1.96. The minimum atomic E-state index is -1.16. The number of hydrogen-bond acceptors (Lipinski definition) is 6. The van der Waals surface area contributed by atoms with Gasteiger partial charge in [-0.15, -0.1) is 0 Å². The molecule has 1 saturated heterocycles. The molecule has 2 amide bonds. The quantitative estimate of drug-likeness (QED) is 0.602. The van der Waals surface area contributed by atoms with Crippen LogP contribution in [0.3, 0.4) is 0 Å². The number of nitrogens with one attached hydrogen (secondary N) is 2. The number of aryl methyl sites for hydroxylation is 1. The van der Waals surface area contributed by atoms with Crippen molar-refractivity contribution < 1.29 is 24.2 Å². The van der Waals surface area contributed by atoms with Gasteiger partial charge in [0.25, 0.3) is 0 Å². The number of anilines is 2. The molecule has 2 fully saturated rings. The molecule has 0 bridgehead atoms. The van der Waals surface area contributed by atoms with Crippen LogP contribution in [-0.4, -0.2) is 57.5 Å². The van der Waals surface area contributed by atoms with Crippen molar-refractivity contribution in [3.63, 3.8) is 0 Å². The number of piperidine rings is 1. The Labute approximate surface area is 198 Å². The van der Waals surface area contributed by atoms with Crippen LogP contribution in [-0.2, 0) is 16.0 Å². The predicted octanol–water partition coefficient (Wildman–Crippen LogP) is 3.97. The molecule has 1 saturated carbocycles. The number of pyridine rings is 1. The third-order valence-electron chi connectivity index (χ3n) is 6.11. The van der Waals surface area contributed by atoms with Gasteiger partial charge in [-0.05, 0) is 58.4 Å². The molecule has 1 atom stereocenters. The molecule has 34 heavy (non-hydrogen) atoms. The van der Waals surface area contributed by atoms with Crippen molar-refractivity contribution in [3.05, 3.63) is 18.0 Å². The van der Waals surface area contributed by atoms with Crippen molar-refractivity contribution in [3.8, 4) is 0 Å². The second kappa shape index (κ2) is 9.15. The Morgan fingerprint density at radius 3 is 2.59 bits per heavy atom. The highest BCUT2D eigenvalue weighted by atomic mass is 16.6. The van der Waals surface area contributed by atoms with E-state index in [0.29, 0.717) is 24.0 Å². The molecule has 1 aliphatic heterocycles. The van der Waals surface area contributed by atoms with E-state index >= 15 is 0 Å². The summed E-state index contributed by atoms with van der Waals surface area (Å²) in [6, 6.07) is -0.123. The van der Waals surface area contributed by atoms with E-state index in [4.69, 9.17) is 4.74 Å². The van der Waals surface area contributed by atoms with Gasteiger partial charge in [0, 0.05) is 37.4 Å². The molecule has 2 aromatic heterocycles. The summed E-state index contributed by atoms with van der Waals surface area (Å²) >= 11 is 0. The van der Waals surface area contributed by atoms with E-state index in [2.05, 4.69) is 20.5 Å². The van der Waals surface area contributed by atoms with Crippen molar-refractivity contribution in [1.82, 2.24) is 14.9 Å². The number of nitrogens with zero attached hydrogens (tertiary/aromatic N) is 3. The molecule has 4 rings (SSSR count). The number of amides is 2. The van der Waals surface area contributed by atoms with Gasteiger partial charge < -0.3 is 25.4 Å². The average molecular weight is 472 g/mol. The Hall–Kier alpha value is -3.30. The van der Waals surface area contributed by atoms with E-state index in [1.54, 1.807) is 6.20 Å². The van der Waals surface area contributed by atoms with Crippen LogP contribution in [0.25, 0.3) is 11.0 Å². The van der Waals surface area contributed by atoms with Crippen molar-refractivity contribution in [2.45, 2.75) is 71.4 Å². The lowest BCUT2D eigenvalue weighted by atomic mass is 10.0. The van der Waals surface area contributed by atoms with Crippen LogP contribution in [0.5, 0.6) is 0 Å². The van der Waals surface area contributed by atoms with Gasteiger partial charge in [-0.25, -0.2) is 19.1 Å². The zero-order chi connectivity index (χ0) is 24.6. The van der Waals surface area contributed by atoms with E-state index in [1.807, 2.05) is 27.7 Å². The second-order valence-electron chi connectivity index (χ2n) is 10.1. The molecule has 1 unspecified atom stereocenters. The Morgan fingerprint density at radius 2 is 1.97 bits per heavy atom. The summed E-state index contributed by atoms with van der Waals surface area (Å²) < 4.78 is 6.48. The normalized spacial score (nSPS) is 18.6. The first kappa shape index (κ1) is 23.8. The number of carboxylic acid groups (broad SMARTS) is 1. The summed E-state index contributed by atoms with van der Waals surface area (Å²) in [7, 11) is 0. The van der Waals surface area contributed by atoms with Crippen LogP contribution < -0.4 is 15.5 Å². The van der Waals surface area contributed by atoms with E-state index in [-0.39, 0.29) is 23.5 Å². The number of alkyl carbamates (subject to hydrolysis) is 1. The van der Waals surface area contributed by atoms with Crippen LogP contribution in [0.2, 0.25) is 0 Å². The van der Waals surface area contributed by atoms with E-state index in [1.165, 1.54) is 6.20 Å². The van der Waals surface area contributed by atoms with Gasteiger partial charge in [-0.2, -0.15) is 0 Å². The molecule has 1 aliphatic carbocycles. The molecule has 184 valence electrons. The fourth-order valence-electron chi connectivity index (χ4n) is 4.43.